The van der Waals surface area contributed by atoms with E-state index in [0.29, 0.717) is 24.5 Å². The number of nitrogens with zero attached hydrogens (tertiary/aromatic N) is 3. The van der Waals surface area contributed by atoms with Crippen LogP contribution in [-0.4, -0.2) is 61.8 Å². The number of para-hydroxylation sites is 2. The molecule has 1 amide bonds. The van der Waals surface area contributed by atoms with Gasteiger partial charge >= 0.3 is 0 Å². The van der Waals surface area contributed by atoms with E-state index in [4.69, 9.17) is 9.72 Å². The number of imidazole rings is 1. The molecule has 2 atom stereocenters. The molecule has 1 aliphatic heterocycles. The number of aromatic nitrogens is 2. The van der Waals surface area contributed by atoms with E-state index in [2.05, 4.69) is 54.0 Å². The van der Waals surface area contributed by atoms with Gasteiger partial charge in [-0.15, -0.1) is 0 Å². The molecule has 1 fully saturated rings. The number of aryl methyl sites for hydroxylation is 1. The monoisotopic (exact) mass is 587 g/mol. The fourth-order valence-electron chi connectivity index (χ4n) is 6.05. The molecule has 0 N–H and O–H groups in total. The van der Waals surface area contributed by atoms with Gasteiger partial charge in [-0.05, 0) is 72.6 Å². The number of rotatable bonds is 11. The second-order valence-corrected chi connectivity index (χ2v) is 13.7. The molecule has 2 heterocycles. The van der Waals surface area contributed by atoms with Crippen LogP contribution in [0.15, 0.2) is 77.7 Å². The second-order valence-electron chi connectivity index (χ2n) is 11.6. The Labute approximate surface area is 249 Å². The molecule has 1 aromatic heterocycles. The minimum absolute atomic E-state index is 0.219. The quantitative estimate of drug-likeness (QED) is 0.198. The predicted octanol–water partition coefficient (Wildman–Crippen LogP) is 6.12. The van der Waals surface area contributed by atoms with Crippen molar-refractivity contribution < 1.29 is 17.9 Å². The molecule has 42 heavy (non-hydrogen) atoms. The highest BCUT2D eigenvalue weighted by molar-refractivity contribution is 7.90. The van der Waals surface area contributed by atoms with Crippen LogP contribution in [0.1, 0.15) is 49.9 Å². The number of likely N-dealkylation sites (tertiary alicyclic amines) is 1. The topological polar surface area (TPSA) is 81.5 Å². The summed E-state index contributed by atoms with van der Waals surface area (Å²) in [4.78, 5) is 20.8. The Hall–Kier alpha value is -3.49. The van der Waals surface area contributed by atoms with Gasteiger partial charge in [0.2, 0.25) is 5.91 Å². The zero-order chi connectivity index (χ0) is 29.7. The fraction of sp³-hybridized carbons (Fsp3) is 0.412. The lowest BCUT2D eigenvalue weighted by Crippen LogP contribution is -2.40. The normalized spacial score (nSPS) is 16.5. The molecular weight excluding hydrogens is 546 g/mol. The molecule has 3 aromatic carbocycles. The number of hydrogen-bond donors (Lipinski definition) is 0. The zero-order valence-corrected chi connectivity index (χ0v) is 25.6. The summed E-state index contributed by atoms with van der Waals surface area (Å²) in [5.41, 5.74) is 5.36. The number of fused-ring (bicyclic) bond motifs is 1. The van der Waals surface area contributed by atoms with Crippen LogP contribution in [0.25, 0.3) is 22.2 Å². The first kappa shape index (κ1) is 30.0. The van der Waals surface area contributed by atoms with Crippen molar-refractivity contribution in [1.29, 1.82) is 0 Å². The molecule has 0 radical (unpaired) electrons. The van der Waals surface area contributed by atoms with Gasteiger partial charge in [0.05, 0.1) is 15.9 Å². The molecule has 0 unspecified atom stereocenters. The Morgan fingerprint density at radius 3 is 2.40 bits per heavy atom. The molecule has 0 saturated carbocycles. The number of carbonyl (C=O) groups excluding carboxylic acids is 1. The van der Waals surface area contributed by atoms with Crippen molar-refractivity contribution in [2.24, 2.45) is 5.92 Å². The van der Waals surface area contributed by atoms with Gasteiger partial charge in [-0.2, -0.15) is 0 Å². The van der Waals surface area contributed by atoms with Gasteiger partial charge in [-0.25, -0.2) is 13.4 Å². The molecule has 1 saturated heterocycles. The number of sulfone groups is 1. The predicted molar refractivity (Wildman–Crippen MR) is 167 cm³/mol. The summed E-state index contributed by atoms with van der Waals surface area (Å²) >= 11 is 0. The summed E-state index contributed by atoms with van der Waals surface area (Å²) in [7, 11) is -1.48. The third kappa shape index (κ3) is 7.10. The SMILES string of the molecule is COCCCn1c([C@@H]2CCCN(C(=O)C[C@H](C)Cc3ccc(-c4ccc(S(C)(=O)=O)cc4)cc3)C2)nc2ccccc21. The average molecular weight is 588 g/mol. The summed E-state index contributed by atoms with van der Waals surface area (Å²) in [6.07, 6.45) is 5.51. The summed E-state index contributed by atoms with van der Waals surface area (Å²) in [6, 6.07) is 23.6. The lowest BCUT2D eigenvalue weighted by molar-refractivity contribution is -0.133. The van der Waals surface area contributed by atoms with E-state index in [0.717, 1.165) is 66.8 Å². The molecule has 0 bridgehead atoms. The van der Waals surface area contributed by atoms with Crippen LogP contribution in [0.5, 0.6) is 0 Å². The highest BCUT2D eigenvalue weighted by Gasteiger charge is 2.29. The van der Waals surface area contributed by atoms with Crippen LogP contribution in [0, 0.1) is 5.92 Å². The Balaban J connectivity index is 1.20. The number of methoxy groups -OCH3 is 1. The molecule has 1 aliphatic rings. The van der Waals surface area contributed by atoms with Gasteiger partial charge in [-0.1, -0.05) is 55.5 Å². The van der Waals surface area contributed by atoms with E-state index in [9.17, 15) is 13.2 Å². The molecule has 5 rings (SSSR count). The van der Waals surface area contributed by atoms with Gasteiger partial charge in [-0.3, -0.25) is 4.79 Å². The highest BCUT2D eigenvalue weighted by Crippen LogP contribution is 2.31. The number of amides is 1. The summed E-state index contributed by atoms with van der Waals surface area (Å²) in [5, 5.41) is 0. The molecule has 0 spiro atoms. The smallest absolute Gasteiger partial charge is 0.222 e. The van der Waals surface area contributed by atoms with E-state index in [1.807, 2.05) is 23.1 Å². The minimum Gasteiger partial charge on any atom is -0.385 e. The van der Waals surface area contributed by atoms with Gasteiger partial charge in [0, 0.05) is 51.9 Å². The molecule has 4 aromatic rings. The minimum atomic E-state index is -3.21. The van der Waals surface area contributed by atoms with E-state index in [1.54, 1.807) is 19.2 Å². The number of hydrogen-bond acceptors (Lipinski definition) is 5. The lowest BCUT2D eigenvalue weighted by Gasteiger charge is -2.33. The van der Waals surface area contributed by atoms with Crippen LogP contribution in [0.2, 0.25) is 0 Å². The number of carbonyl (C=O) groups is 1. The van der Waals surface area contributed by atoms with Crippen molar-refractivity contribution in [1.82, 2.24) is 14.5 Å². The van der Waals surface area contributed by atoms with Crippen LogP contribution in [0.4, 0.5) is 0 Å². The van der Waals surface area contributed by atoms with Crippen molar-refractivity contribution in [2.45, 2.75) is 56.4 Å². The Morgan fingerprint density at radius 1 is 1.02 bits per heavy atom. The molecular formula is C34H41N3O4S. The van der Waals surface area contributed by atoms with Gasteiger partial charge < -0.3 is 14.2 Å². The largest absolute Gasteiger partial charge is 0.385 e. The van der Waals surface area contributed by atoms with Crippen molar-refractivity contribution in [3.63, 3.8) is 0 Å². The molecule has 7 nitrogen and oxygen atoms in total. The van der Waals surface area contributed by atoms with Crippen LogP contribution < -0.4 is 0 Å². The van der Waals surface area contributed by atoms with Crippen LogP contribution in [0.3, 0.4) is 0 Å². The standard InChI is InChI=1S/C34H41N3O4S/c1-25(22-26-11-13-27(14-12-26)28-15-17-30(18-16-28)42(3,39)40)23-33(38)36-19-6-8-29(24-36)34-35-31-9-4-5-10-32(31)37(34)20-7-21-41-2/h4-5,9-18,25,29H,6-8,19-24H2,1-3H3/t25-,29-/m1/s1. The first-order chi connectivity index (χ1) is 20.2. The van der Waals surface area contributed by atoms with Gasteiger partial charge in [0.15, 0.2) is 9.84 Å². The maximum atomic E-state index is 13.4. The summed E-state index contributed by atoms with van der Waals surface area (Å²) < 4.78 is 31.1. The maximum absolute atomic E-state index is 13.4. The molecule has 222 valence electrons. The fourth-order valence-corrected chi connectivity index (χ4v) is 6.68. The number of piperidine rings is 1. The zero-order valence-electron chi connectivity index (χ0n) is 24.8. The summed E-state index contributed by atoms with van der Waals surface area (Å²) in [6.45, 7) is 5.23. The van der Waals surface area contributed by atoms with E-state index >= 15 is 0 Å². The van der Waals surface area contributed by atoms with Crippen LogP contribution in [-0.2, 0) is 32.3 Å². The van der Waals surface area contributed by atoms with E-state index in [1.165, 1.54) is 11.8 Å². The van der Waals surface area contributed by atoms with Gasteiger partial charge in [0.1, 0.15) is 5.82 Å². The third-order valence-corrected chi connectivity index (χ3v) is 9.36. The van der Waals surface area contributed by atoms with Crippen molar-refractivity contribution in [2.75, 3.05) is 33.1 Å². The number of benzene rings is 3. The first-order valence-corrected chi connectivity index (χ1v) is 16.7. The Morgan fingerprint density at radius 2 is 1.71 bits per heavy atom. The molecule has 0 aliphatic carbocycles. The second kappa shape index (κ2) is 13.2. The van der Waals surface area contributed by atoms with E-state index < -0.39 is 9.84 Å². The Bertz CT molecular complexity index is 1610. The third-order valence-electron chi connectivity index (χ3n) is 8.23. The lowest BCUT2D eigenvalue weighted by atomic mass is 9.93. The van der Waals surface area contributed by atoms with Crippen molar-refractivity contribution >= 4 is 26.8 Å². The van der Waals surface area contributed by atoms with Crippen molar-refractivity contribution in [3.05, 3.63) is 84.2 Å². The summed E-state index contributed by atoms with van der Waals surface area (Å²) in [5.74, 6) is 1.75. The average Bonchev–Trinajstić information content (AvgIpc) is 3.36. The van der Waals surface area contributed by atoms with E-state index in [-0.39, 0.29) is 17.7 Å². The molecule has 8 heteroatoms. The highest BCUT2D eigenvalue weighted by atomic mass is 32.2. The Kier molecular flexibility index (Phi) is 9.43. The number of ether oxygens (including phenoxy) is 1. The van der Waals surface area contributed by atoms with Crippen LogP contribution >= 0.6 is 0 Å². The van der Waals surface area contributed by atoms with Crippen molar-refractivity contribution in [3.8, 4) is 11.1 Å². The maximum Gasteiger partial charge on any atom is 0.222 e. The first-order valence-electron chi connectivity index (χ1n) is 14.8. The van der Waals surface area contributed by atoms with Gasteiger partial charge in [0.25, 0.3) is 0 Å².